The fourth-order valence-corrected chi connectivity index (χ4v) is 2.78. The van der Waals surface area contributed by atoms with Crippen LogP contribution in [0, 0.1) is 5.41 Å². The van der Waals surface area contributed by atoms with Gasteiger partial charge in [-0.25, -0.2) is 0 Å². The zero-order valence-corrected chi connectivity index (χ0v) is 17.5. The van der Waals surface area contributed by atoms with Crippen LogP contribution < -0.4 is 10.6 Å². The molecular formula is C21H35N3O3. The molecule has 2 unspecified atom stereocenters. The summed E-state index contributed by atoms with van der Waals surface area (Å²) in [5.74, 6) is -0.419. The van der Waals surface area contributed by atoms with Crippen molar-refractivity contribution in [3.8, 4) is 0 Å². The molecule has 1 rings (SSSR count). The van der Waals surface area contributed by atoms with Crippen molar-refractivity contribution in [2.45, 2.75) is 66.3 Å². The van der Waals surface area contributed by atoms with Gasteiger partial charge in [-0.3, -0.25) is 9.59 Å². The first-order valence-electron chi connectivity index (χ1n) is 9.54. The molecule has 0 aliphatic heterocycles. The Kier molecular flexibility index (Phi) is 8.93. The Morgan fingerprint density at radius 1 is 1.11 bits per heavy atom. The number of benzene rings is 1. The number of carbonyl (C=O) groups is 2. The van der Waals surface area contributed by atoms with E-state index in [0.29, 0.717) is 6.54 Å². The van der Waals surface area contributed by atoms with Crippen LogP contribution in [0.5, 0.6) is 0 Å². The molecule has 0 saturated heterocycles. The van der Waals surface area contributed by atoms with E-state index in [1.165, 1.54) is 4.90 Å². The molecule has 0 aliphatic rings. The number of carbonyl (C=O) groups excluding carboxylic acids is 2. The van der Waals surface area contributed by atoms with Crippen LogP contribution in [0.3, 0.4) is 0 Å². The van der Waals surface area contributed by atoms with Gasteiger partial charge in [-0.2, -0.15) is 0 Å². The summed E-state index contributed by atoms with van der Waals surface area (Å²) in [5.41, 5.74) is 0.673. The van der Waals surface area contributed by atoms with Crippen molar-refractivity contribution < 1.29 is 14.7 Å². The van der Waals surface area contributed by atoms with Gasteiger partial charge in [0.25, 0.3) is 0 Å². The average molecular weight is 378 g/mol. The summed E-state index contributed by atoms with van der Waals surface area (Å²) in [6.45, 7) is 12.0. The highest BCUT2D eigenvalue weighted by molar-refractivity contribution is 5.88. The summed E-state index contributed by atoms with van der Waals surface area (Å²) >= 11 is 0. The second-order valence-electron chi connectivity index (χ2n) is 8.45. The molecule has 0 spiro atoms. The third kappa shape index (κ3) is 8.54. The van der Waals surface area contributed by atoms with Crippen LogP contribution in [0.2, 0.25) is 0 Å². The molecule has 6 nitrogen and oxygen atoms in total. The molecule has 0 fully saturated rings. The van der Waals surface area contributed by atoms with Gasteiger partial charge in [0.05, 0.1) is 18.7 Å². The Hall–Kier alpha value is -1.92. The van der Waals surface area contributed by atoms with Gasteiger partial charge in [-0.15, -0.1) is 0 Å². The Morgan fingerprint density at radius 2 is 1.70 bits per heavy atom. The molecule has 2 atom stereocenters. The number of nitrogens with one attached hydrogen (secondary N) is 2. The molecule has 2 amide bonds. The molecule has 27 heavy (non-hydrogen) atoms. The Labute approximate surface area is 163 Å². The number of hydrogen-bond donors (Lipinski definition) is 3. The minimum absolute atomic E-state index is 0.0804. The summed E-state index contributed by atoms with van der Waals surface area (Å²) in [5, 5.41) is 16.0. The minimum atomic E-state index is -0.712. The molecule has 6 heteroatoms. The molecule has 0 aliphatic carbocycles. The maximum absolute atomic E-state index is 13.1. The normalized spacial score (nSPS) is 13.9. The first-order valence-corrected chi connectivity index (χ1v) is 9.54. The van der Waals surface area contributed by atoms with E-state index in [-0.39, 0.29) is 36.4 Å². The van der Waals surface area contributed by atoms with Gasteiger partial charge in [0.2, 0.25) is 11.8 Å². The number of aliphatic hydroxyl groups excluding tert-OH is 1. The second-order valence-corrected chi connectivity index (χ2v) is 8.45. The maximum atomic E-state index is 13.1. The van der Waals surface area contributed by atoms with Crippen LogP contribution in [0.4, 0.5) is 0 Å². The van der Waals surface area contributed by atoms with E-state index in [0.717, 1.165) is 5.56 Å². The Morgan fingerprint density at radius 3 is 2.19 bits per heavy atom. The van der Waals surface area contributed by atoms with E-state index < -0.39 is 12.1 Å². The molecule has 0 bridgehead atoms. The van der Waals surface area contributed by atoms with E-state index in [2.05, 4.69) is 10.6 Å². The lowest BCUT2D eigenvalue weighted by Crippen LogP contribution is -2.57. The summed E-state index contributed by atoms with van der Waals surface area (Å²) in [7, 11) is 0. The Bertz CT molecular complexity index is 594. The first-order chi connectivity index (χ1) is 12.5. The van der Waals surface area contributed by atoms with Crippen molar-refractivity contribution in [2.24, 2.45) is 5.41 Å². The minimum Gasteiger partial charge on any atom is -0.392 e. The topological polar surface area (TPSA) is 81.7 Å². The van der Waals surface area contributed by atoms with Crippen LogP contribution >= 0.6 is 0 Å². The smallest absolute Gasteiger partial charge is 0.240 e. The number of hydrogen-bond acceptors (Lipinski definition) is 4. The van der Waals surface area contributed by atoms with Gasteiger partial charge in [-0.1, -0.05) is 65.0 Å². The van der Waals surface area contributed by atoms with Gasteiger partial charge < -0.3 is 20.6 Å². The molecule has 0 radical (unpaired) electrons. The fourth-order valence-electron chi connectivity index (χ4n) is 2.78. The van der Waals surface area contributed by atoms with Gasteiger partial charge >= 0.3 is 0 Å². The predicted molar refractivity (Wildman–Crippen MR) is 108 cm³/mol. The highest BCUT2D eigenvalue weighted by Gasteiger charge is 2.35. The van der Waals surface area contributed by atoms with Gasteiger partial charge in [-0.05, 0) is 17.9 Å². The van der Waals surface area contributed by atoms with E-state index in [1.54, 1.807) is 6.92 Å². The van der Waals surface area contributed by atoms with Crippen molar-refractivity contribution >= 4 is 11.8 Å². The van der Waals surface area contributed by atoms with E-state index in [9.17, 15) is 14.7 Å². The van der Waals surface area contributed by atoms with Crippen LogP contribution in [-0.4, -0.2) is 53.1 Å². The Balaban J connectivity index is 2.83. The molecule has 1 aromatic rings. The summed E-state index contributed by atoms with van der Waals surface area (Å²) in [4.78, 5) is 27.0. The number of aliphatic hydroxyl groups is 1. The molecule has 0 saturated carbocycles. The molecule has 0 aromatic heterocycles. The SMILES string of the molecule is CC(O)CN(CC(=O)NCc1ccccc1)C(=O)C(NC(C)C)C(C)(C)C. The van der Waals surface area contributed by atoms with E-state index in [4.69, 9.17) is 0 Å². The average Bonchev–Trinajstić information content (AvgIpc) is 2.56. The summed E-state index contributed by atoms with van der Waals surface area (Å²) in [6.07, 6.45) is -0.712. The zero-order chi connectivity index (χ0) is 20.6. The lowest BCUT2D eigenvalue weighted by molar-refractivity contribution is -0.141. The molecule has 152 valence electrons. The highest BCUT2D eigenvalue weighted by atomic mass is 16.3. The van der Waals surface area contributed by atoms with Crippen LogP contribution in [0.1, 0.15) is 47.1 Å². The molecule has 1 aromatic carbocycles. The summed E-state index contributed by atoms with van der Waals surface area (Å²) < 4.78 is 0. The first kappa shape index (κ1) is 23.1. The standard InChI is InChI=1S/C21H35N3O3/c1-15(2)23-19(21(4,5)6)20(27)24(13-16(3)25)14-18(26)22-12-17-10-8-7-9-11-17/h7-11,15-16,19,23,25H,12-14H2,1-6H3,(H,22,26). The highest BCUT2D eigenvalue weighted by Crippen LogP contribution is 2.22. The maximum Gasteiger partial charge on any atom is 0.240 e. The van der Waals surface area contributed by atoms with Crippen molar-refractivity contribution in [1.82, 2.24) is 15.5 Å². The number of nitrogens with zero attached hydrogens (tertiary/aromatic N) is 1. The van der Waals surface area contributed by atoms with Crippen LogP contribution in [-0.2, 0) is 16.1 Å². The van der Waals surface area contributed by atoms with Crippen LogP contribution in [0.15, 0.2) is 30.3 Å². The van der Waals surface area contributed by atoms with E-state index in [1.807, 2.05) is 65.0 Å². The summed E-state index contributed by atoms with van der Waals surface area (Å²) in [6, 6.07) is 9.29. The quantitative estimate of drug-likeness (QED) is 0.614. The lowest BCUT2D eigenvalue weighted by atomic mass is 9.85. The van der Waals surface area contributed by atoms with Gasteiger partial charge in [0, 0.05) is 19.1 Å². The molecular weight excluding hydrogens is 342 g/mol. The van der Waals surface area contributed by atoms with Crippen molar-refractivity contribution in [1.29, 1.82) is 0 Å². The van der Waals surface area contributed by atoms with Gasteiger partial charge in [0.15, 0.2) is 0 Å². The number of rotatable bonds is 9. The third-order valence-corrected chi connectivity index (χ3v) is 4.08. The van der Waals surface area contributed by atoms with Crippen molar-refractivity contribution in [3.05, 3.63) is 35.9 Å². The van der Waals surface area contributed by atoms with Gasteiger partial charge in [0.1, 0.15) is 0 Å². The monoisotopic (exact) mass is 377 g/mol. The molecule has 0 heterocycles. The second kappa shape index (κ2) is 10.4. The van der Waals surface area contributed by atoms with Crippen LogP contribution in [0.25, 0.3) is 0 Å². The zero-order valence-electron chi connectivity index (χ0n) is 17.5. The third-order valence-electron chi connectivity index (χ3n) is 4.08. The number of amides is 2. The van der Waals surface area contributed by atoms with Crippen molar-refractivity contribution in [2.75, 3.05) is 13.1 Å². The van der Waals surface area contributed by atoms with E-state index >= 15 is 0 Å². The largest absolute Gasteiger partial charge is 0.392 e. The predicted octanol–water partition coefficient (Wildman–Crippen LogP) is 1.92. The molecule has 3 N–H and O–H groups in total. The van der Waals surface area contributed by atoms with Crippen molar-refractivity contribution in [3.63, 3.8) is 0 Å². The fraction of sp³-hybridized carbons (Fsp3) is 0.619. The lowest BCUT2D eigenvalue weighted by Gasteiger charge is -2.36.